The highest BCUT2D eigenvalue weighted by atomic mass is 35.5. The van der Waals surface area contributed by atoms with Crippen molar-refractivity contribution in [3.63, 3.8) is 0 Å². The highest BCUT2D eigenvalue weighted by Crippen LogP contribution is 2.42. The molecule has 90 valence electrons. The Bertz CT molecular complexity index is 713. The predicted octanol–water partition coefficient (Wildman–Crippen LogP) is 3.99. The van der Waals surface area contributed by atoms with Gasteiger partial charge in [0.25, 0.3) is 0 Å². The number of aromatic nitrogens is 3. The van der Waals surface area contributed by atoms with Crippen molar-refractivity contribution in [3.05, 3.63) is 40.5 Å². The van der Waals surface area contributed by atoms with Crippen LogP contribution in [-0.4, -0.2) is 14.6 Å². The fourth-order valence-electron chi connectivity index (χ4n) is 2.18. The lowest BCUT2D eigenvalue weighted by atomic mass is 10.2. The first kappa shape index (κ1) is 10.5. The molecule has 18 heavy (non-hydrogen) atoms. The van der Waals surface area contributed by atoms with E-state index in [4.69, 9.17) is 16.6 Å². The van der Waals surface area contributed by atoms with E-state index >= 15 is 0 Å². The van der Waals surface area contributed by atoms with Crippen molar-refractivity contribution in [2.24, 2.45) is 0 Å². The number of hydrogen-bond acceptors (Lipinski definition) is 3. The summed E-state index contributed by atoms with van der Waals surface area (Å²) < 4.78 is 1.73. The molecule has 0 N–H and O–H groups in total. The second-order valence-corrected chi connectivity index (χ2v) is 5.89. The summed E-state index contributed by atoms with van der Waals surface area (Å²) in [7, 11) is 0. The maximum atomic E-state index is 6.28. The van der Waals surface area contributed by atoms with Crippen molar-refractivity contribution in [1.82, 2.24) is 14.6 Å². The normalized spacial score (nSPS) is 15.4. The Labute approximate surface area is 113 Å². The van der Waals surface area contributed by atoms with Gasteiger partial charge in [-0.25, -0.2) is 9.50 Å². The van der Waals surface area contributed by atoms with Crippen molar-refractivity contribution in [3.8, 4) is 10.6 Å². The molecule has 3 aromatic heterocycles. The molecule has 0 radical (unpaired) electrons. The fraction of sp³-hybridized carbons (Fsp3) is 0.231. The zero-order chi connectivity index (χ0) is 12.1. The van der Waals surface area contributed by atoms with Gasteiger partial charge in [0.15, 0.2) is 5.65 Å². The van der Waals surface area contributed by atoms with E-state index in [0.717, 1.165) is 16.2 Å². The SMILES string of the molecule is Clc1cc(-c2cccs2)nc2c(C3CC3)cnn12. The fourth-order valence-corrected chi connectivity index (χ4v) is 3.09. The Kier molecular flexibility index (Phi) is 2.22. The van der Waals surface area contributed by atoms with E-state index in [9.17, 15) is 0 Å². The zero-order valence-corrected chi connectivity index (χ0v) is 11.1. The second kappa shape index (κ2) is 3.80. The topological polar surface area (TPSA) is 30.2 Å². The molecule has 0 amide bonds. The van der Waals surface area contributed by atoms with Crippen LogP contribution in [0.15, 0.2) is 29.8 Å². The highest BCUT2D eigenvalue weighted by molar-refractivity contribution is 7.13. The summed E-state index contributed by atoms with van der Waals surface area (Å²) in [6.07, 6.45) is 4.39. The molecule has 1 aliphatic carbocycles. The summed E-state index contributed by atoms with van der Waals surface area (Å²) in [6, 6.07) is 5.97. The van der Waals surface area contributed by atoms with Crippen LogP contribution in [0.1, 0.15) is 24.3 Å². The van der Waals surface area contributed by atoms with E-state index in [0.29, 0.717) is 11.1 Å². The summed E-state index contributed by atoms with van der Waals surface area (Å²) in [4.78, 5) is 5.87. The highest BCUT2D eigenvalue weighted by Gasteiger charge is 2.28. The third kappa shape index (κ3) is 1.56. The van der Waals surface area contributed by atoms with Gasteiger partial charge >= 0.3 is 0 Å². The molecule has 3 nitrogen and oxygen atoms in total. The van der Waals surface area contributed by atoms with Gasteiger partial charge in [-0.15, -0.1) is 11.3 Å². The average molecular weight is 276 g/mol. The molecule has 4 rings (SSSR count). The Morgan fingerprint density at radius 2 is 2.28 bits per heavy atom. The maximum Gasteiger partial charge on any atom is 0.160 e. The molecule has 1 aliphatic rings. The number of hydrogen-bond donors (Lipinski definition) is 0. The van der Waals surface area contributed by atoms with Gasteiger partial charge in [0.1, 0.15) is 5.15 Å². The summed E-state index contributed by atoms with van der Waals surface area (Å²) in [6.45, 7) is 0. The van der Waals surface area contributed by atoms with Crippen LogP contribution in [0.2, 0.25) is 5.15 Å². The van der Waals surface area contributed by atoms with Crippen LogP contribution in [0, 0.1) is 0 Å². The van der Waals surface area contributed by atoms with Crippen LogP contribution >= 0.6 is 22.9 Å². The minimum Gasteiger partial charge on any atom is -0.227 e. The second-order valence-electron chi connectivity index (χ2n) is 4.55. The summed E-state index contributed by atoms with van der Waals surface area (Å²) in [5.41, 5.74) is 3.08. The van der Waals surface area contributed by atoms with E-state index < -0.39 is 0 Å². The molecule has 3 aromatic rings. The molecule has 3 heterocycles. The minimum atomic E-state index is 0.621. The molecule has 0 bridgehead atoms. The van der Waals surface area contributed by atoms with Gasteiger partial charge in [-0.05, 0) is 30.2 Å². The molecule has 0 aliphatic heterocycles. The number of halogens is 1. The smallest absolute Gasteiger partial charge is 0.160 e. The van der Waals surface area contributed by atoms with Crippen LogP contribution in [-0.2, 0) is 0 Å². The molecule has 1 fully saturated rings. The van der Waals surface area contributed by atoms with Crippen LogP contribution in [0.5, 0.6) is 0 Å². The Morgan fingerprint density at radius 1 is 1.39 bits per heavy atom. The third-order valence-electron chi connectivity index (χ3n) is 3.25. The first-order valence-corrected chi connectivity index (χ1v) is 7.17. The molecule has 0 atom stereocenters. The Balaban J connectivity index is 1.98. The molecule has 1 saturated carbocycles. The molecule has 5 heteroatoms. The number of thiophene rings is 1. The molecule has 0 saturated heterocycles. The third-order valence-corrected chi connectivity index (χ3v) is 4.41. The van der Waals surface area contributed by atoms with Gasteiger partial charge in [-0.2, -0.15) is 5.10 Å². The largest absolute Gasteiger partial charge is 0.227 e. The van der Waals surface area contributed by atoms with E-state index in [1.54, 1.807) is 15.9 Å². The predicted molar refractivity (Wildman–Crippen MR) is 73.3 cm³/mol. The Morgan fingerprint density at radius 3 is 3.00 bits per heavy atom. The van der Waals surface area contributed by atoms with E-state index in [-0.39, 0.29) is 0 Å². The average Bonchev–Trinajstić information content (AvgIpc) is 2.93. The summed E-state index contributed by atoms with van der Waals surface area (Å²) >= 11 is 7.96. The van der Waals surface area contributed by atoms with Gasteiger partial charge < -0.3 is 0 Å². The van der Waals surface area contributed by atoms with Crippen LogP contribution in [0.25, 0.3) is 16.2 Å². The van der Waals surface area contributed by atoms with Gasteiger partial charge in [-0.3, -0.25) is 0 Å². The number of nitrogens with zero attached hydrogens (tertiary/aromatic N) is 3. The van der Waals surface area contributed by atoms with E-state index in [1.807, 2.05) is 23.7 Å². The van der Waals surface area contributed by atoms with Crippen molar-refractivity contribution in [2.75, 3.05) is 0 Å². The summed E-state index contributed by atoms with van der Waals surface area (Å²) in [5, 5.41) is 7.00. The van der Waals surface area contributed by atoms with Crippen LogP contribution < -0.4 is 0 Å². The lowest BCUT2D eigenvalue weighted by molar-refractivity contribution is 0.942. The first-order chi connectivity index (χ1) is 8.83. The van der Waals surface area contributed by atoms with Crippen molar-refractivity contribution in [2.45, 2.75) is 18.8 Å². The number of fused-ring (bicyclic) bond motifs is 1. The summed E-state index contributed by atoms with van der Waals surface area (Å²) in [5.74, 6) is 0.629. The molecular formula is C13H10ClN3S. The van der Waals surface area contributed by atoms with Crippen molar-refractivity contribution < 1.29 is 0 Å². The molecule has 0 unspecified atom stereocenters. The van der Waals surface area contributed by atoms with E-state index in [2.05, 4.69) is 11.2 Å². The van der Waals surface area contributed by atoms with Gasteiger partial charge in [0.2, 0.25) is 0 Å². The van der Waals surface area contributed by atoms with Crippen LogP contribution in [0.4, 0.5) is 0 Å². The molecular weight excluding hydrogens is 266 g/mol. The van der Waals surface area contributed by atoms with Crippen molar-refractivity contribution in [1.29, 1.82) is 0 Å². The quantitative estimate of drug-likeness (QED) is 0.662. The van der Waals surface area contributed by atoms with Crippen LogP contribution in [0.3, 0.4) is 0 Å². The van der Waals surface area contributed by atoms with E-state index in [1.165, 1.54) is 18.4 Å². The van der Waals surface area contributed by atoms with Crippen molar-refractivity contribution >= 4 is 28.6 Å². The monoisotopic (exact) mass is 275 g/mol. The molecule has 0 spiro atoms. The lowest BCUT2D eigenvalue weighted by Crippen LogP contribution is -1.94. The molecule has 0 aromatic carbocycles. The standard InChI is InChI=1S/C13H10ClN3S/c14-12-6-10(11-2-1-5-18-11)16-13-9(8-3-4-8)7-15-17(12)13/h1-2,5-8H,3-4H2. The van der Waals surface area contributed by atoms with Gasteiger partial charge in [-0.1, -0.05) is 17.7 Å². The first-order valence-electron chi connectivity index (χ1n) is 5.91. The van der Waals surface area contributed by atoms with Gasteiger partial charge in [0.05, 0.1) is 16.8 Å². The maximum absolute atomic E-state index is 6.28. The Hall–Kier alpha value is -1.39. The van der Waals surface area contributed by atoms with Gasteiger partial charge in [0, 0.05) is 11.6 Å². The minimum absolute atomic E-state index is 0.621. The number of rotatable bonds is 2. The lowest BCUT2D eigenvalue weighted by Gasteiger charge is -2.02. The zero-order valence-electron chi connectivity index (χ0n) is 9.51.